The molecular formula is C22H17N7O. The van der Waals surface area contributed by atoms with Crippen molar-refractivity contribution in [1.82, 2.24) is 34.8 Å². The van der Waals surface area contributed by atoms with E-state index < -0.39 is 0 Å². The quantitative estimate of drug-likeness (QED) is 0.434. The van der Waals surface area contributed by atoms with Gasteiger partial charge in [0.25, 0.3) is 0 Å². The van der Waals surface area contributed by atoms with Crippen LogP contribution in [0.4, 0.5) is 0 Å². The third-order valence-electron chi connectivity index (χ3n) is 4.91. The highest BCUT2D eigenvalue weighted by atomic mass is 16.1. The third-order valence-corrected chi connectivity index (χ3v) is 4.91. The minimum absolute atomic E-state index is 0.157. The van der Waals surface area contributed by atoms with E-state index in [1.807, 2.05) is 67.6 Å². The zero-order valence-corrected chi connectivity index (χ0v) is 16.4. The average molecular weight is 395 g/mol. The van der Waals surface area contributed by atoms with Crippen LogP contribution in [0.1, 0.15) is 27.4 Å². The molecule has 0 bridgehead atoms. The van der Waals surface area contributed by atoms with Gasteiger partial charge in [-0.3, -0.25) is 4.79 Å². The summed E-state index contributed by atoms with van der Waals surface area (Å²) in [6, 6.07) is 19.4. The lowest BCUT2D eigenvalue weighted by Gasteiger charge is -2.04. The van der Waals surface area contributed by atoms with Crippen molar-refractivity contribution < 1.29 is 4.79 Å². The van der Waals surface area contributed by atoms with E-state index in [9.17, 15) is 4.79 Å². The Kier molecular flexibility index (Phi) is 4.17. The largest absolute Gasteiger partial charge is 0.285 e. The van der Waals surface area contributed by atoms with Crippen LogP contribution < -0.4 is 0 Å². The Morgan fingerprint density at radius 3 is 2.43 bits per heavy atom. The van der Waals surface area contributed by atoms with Gasteiger partial charge in [0.1, 0.15) is 0 Å². The van der Waals surface area contributed by atoms with Gasteiger partial charge in [-0.15, -0.1) is 15.3 Å². The van der Waals surface area contributed by atoms with Crippen molar-refractivity contribution in [3.05, 3.63) is 89.5 Å². The van der Waals surface area contributed by atoms with Gasteiger partial charge in [0.15, 0.2) is 17.0 Å². The van der Waals surface area contributed by atoms with E-state index in [1.165, 1.54) is 0 Å². The molecule has 0 aliphatic rings. The van der Waals surface area contributed by atoms with Crippen molar-refractivity contribution in [2.45, 2.75) is 13.8 Å². The van der Waals surface area contributed by atoms with E-state index in [0.29, 0.717) is 11.3 Å². The van der Waals surface area contributed by atoms with Crippen molar-refractivity contribution in [3.63, 3.8) is 0 Å². The van der Waals surface area contributed by atoms with Crippen LogP contribution in [0.3, 0.4) is 0 Å². The van der Waals surface area contributed by atoms with Crippen molar-refractivity contribution in [2.24, 2.45) is 0 Å². The highest BCUT2D eigenvalue weighted by Crippen LogP contribution is 2.19. The number of hydrogen-bond acceptors (Lipinski definition) is 6. The first-order valence-electron chi connectivity index (χ1n) is 9.43. The van der Waals surface area contributed by atoms with E-state index in [4.69, 9.17) is 0 Å². The monoisotopic (exact) mass is 395 g/mol. The molecular weight excluding hydrogens is 378 g/mol. The summed E-state index contributed by atoms with van der Waals surface area (Å²) in [6.07, 6.45) is 1.57. The average Bonchev–Trinajstić information content (AvgIpc) is 3.37. The van der Waals surface area contributed by atoms with Gasteiger partial charge in [0.05, 0.1) is 23.3 Å². The summed E-state index contributed by atoms with van der Waals surface area (Å²) in [5.74, 6) is -0.350. The standard InChI is InChI=1S/C22H17N7O/c1-14-8-10-17(11-9-14)29-15(2)21(25-27-29)22(30)19-13-28-20(24-23-19)12-18(26-28)16-6-4-3-5-7-16/h3-13H,1-2H3. The molecule has 0 unspecified atom stereocenters. The Morgan fingerprint density at radius 1 is 0.900 bits per heavy atom. The van der Waals surface area contributed by atoms with Crippen molar-refractivity contribution >= 4 is 11.4 Å². The first-order chi connectivity index (χ1) is 14.6. The molecule has 0 aliphatic heterocycles. The molecule has 0 radical (unpaired) electrons. The van der Waals surface area contributed by atoms with Gasteiger partial charge in [0, 0.05) is 11.6 Å². The second-order valence-electron chi connectivity index (χ2n) is 7.01. The Morgan fingerprint density at radius 2 is 1.67 bits per heavy atom. The van der Waals surface area contributed by atoms with Crippen molar-refractivity contribution in [2.75, 3.05) is 0 Å². The van der Waals surface area contributed by atoms with Gasteiger partial charge in [0.2, 0.25) is 5.78 Å². The number of aromatic nitrogens is 7. The molecule has 0 saturated heterocycles. The van der Waals surface area contributed by atoms with Crippen molar-refractivity contribution in [1.29, 1.82) is 0 Å². The Bertz CT molecular complexity index is 1370. The van der Waals surface area contributed by atoms with Crippen LogP contribution >= 0.6 is 0 Å². The Balaban J connectivity index is 1.50. The first kappa shape index (κ1) is 17.9. The zero-order valence-electron chi connectivity index (χ0n) is 16.4. The normalized spacial score (nSPS) is 11.1. The molecule has 3 aromatic heterocycles. The van der Waals surface area contributed by atoms with E-state index in [-0.39, 0.29) is 17.2 Å². The number of nitrogens with zero attached hydrogens (tertiary/aromatic N) is 7. The number of ketones is 1. The van der Waals surface area contributed by atoms with Crippen LogP contribution in [0.5, 0.6) is 0 Å². The van der Waals surface area contributed by atoms with Gasteiger partial charge in [-0.25, -0.2) is 9.20 Å². The van der Waals surface area contributed by atoms with Crippen LogP contribution in [0, 0.1) is 13.8 Å². The molecule has 5 rings (SSSR count). The van der Waals surface area contributed by atoms with Crippen LogP contribution in [-0.2, 0) is 0 Å². The lowest BCUT2D eigenvalue weighted by Crippen LogP contribution is -2.10. The van der Waals surface area contributed by atoms with Crippen LogP contribution in [0.15, 0.2) is 66.9 Å². The molecule has 0 fully saturated rings. The SMILES string of the molecule is Cc1ccc(-n2nnc(C(=O)c3cn4nc(-c5ccccc5)cc4nn3)c2C)cc1. The Labute approximate surface area is 171 Å². The van der Waals surface area contributed by atoms with Crippen LogP contribution in [-0.4, -0.2) is 40.6 Å². The van der Waals surface area contributed by atoms with Gasteiger partial charge in [-0.2, -0.15) is 5.10 Å². The number of carbonyl (C=O) groups excluding carboxylic acids is 1. The van der Waals surface area contributed by atoms with Gasteiger partial charge in [-0.05, 0) is 26.0 Å². The molecule has 0 aliphatic carbocycles. The molecule has 8 nitrogen and oxygen atoms in total. The number of rotatable bonds is 4. The fraction of sp³-hybridized carbons (Fsp3) is 0.0909. The fourth-order valence-corrected chi connectivity index (χ4v) is 3.25. The maximum Gasteiger partial charge on any atom is 0.236 e. The van der Waals surface area contributed by atoms with Gasteiger partial charge in [-0.1, -0.05) is 53.2 Å². The maximum atomic E-state index is 13.0. The second-order valence-corrected chi connectivity index (χ2v) is 7.01. The number of carbonyl (C=O) groups is 1. The molecule has 0 amide bonds. The highest BCUT2D eigenvalue weighted by Gasteiger charge is 2.21. The molecule has 0 saturated carbocycles. The second kappa shape index (κ2) is 7.00. The minimum atomic E-state index is -0.350. The summed E-state index contributed by atoms with van der Waals surface area (Å²) in [5.41, 5.74) is 5.30. The molecule has 5 aromatic rings. The highest BCUT2D eigenvalue weighted by molar-refractivity contribution is 6.06. The molecule has 0 N–H and O–H groups in total. The molecule has 0 spiro atoms. The third kappa shape index (κ3) is 3.04. The predicted octanol–water partition coefficient (Wildman–Crippen LogP) is 3.22. The number of fused-ring (bicyclic) bond motifs is 1. The molecule has 146 valence electrons. The van der Waals surface area contributed by atoms with E-state index in [0.717, 1.165) is 22.5 Å². The van der Waals surface area contributed by atoms with E-state index >= 15 is 0 Å². The number of aryl methyl sites for hydroxylation is 1. The summed E-state index contributed by atoms with van der Waals surface area (Å²) in [5, 5.41) is 21.0. The summed E-state index contributed by atoms with van der Waals surface area (Å²) in [7, 11) is 0. The molecule has 3 heterocycles. The smallest absolute Gasteiger partial charge is 0.236 e. The van der Waals surface area contributed by atoms with Gasteiger partial charge < -0.3 is 0 Å². The zero-order chi connectivity index (χ0) is 20.7. The molecule has 2 aromatic carbocycles. The molecule has 8 heteroatoms. The topological polar surface area (TPSA) is 90.9 Å². The number of hydrogen-bond donors (Lipinski definition) is 0. The Hall–Kier alpha value is -4.20. The summed E-state index contributed by atoms with van der Waals surface area (Å²) in [6.45, 7) is 3.82. The van der Waals surface area contributed by atoms with Crippen LogP contribution in [0.25, 0.3) is 22.6 Å². The molecule has 0 atom stereocenters. The summed E-state index contributed by atoms with van der Waals surface area (Å²) >= 11 is 0. The lowest BCUT2D eigenvalue weighted by molar-refractivity contribution is 0.102. The predicted molar refractivity (Wildman–Crippen MR) is 110 cm³/mol. The van der Waals surface area contributed by atoms with E-state index in [2.05, 4.69) is 25.6 Å². The summed E-state index contributed by atoms with van der Waals surface area (Å²) < 4.78 is 3.20. The fourth-order valence-electron chi connectivity index (χ4n) is 3.25. The van der Waals surface area contributed by atoms with Crippen molar-refractivity contribution in [3.8, 4) is 16.9 Å². The molecule has 30 heavy (non-hydrogen) atoms. The maximum absolute atomic E-state index is 13.0. The number of benzene rings is 2. The summed E-state index contributed by atoms with van der Waals surface area (Å²) in [4.78, 5) is 13.0. The first-order valence-corrected chi connectivity index (χ1v) is 9.43. The lowest BCUT2D eigenvalue weighted by atomic mass is 10.2. The van der Waals surface area contributed by atoms with Gasteiger partial charge >= 0.3 is 0 Å². The minimum Gasteiger partial charge on any atom is -0.285 e. The van der Waals surface area contributed by atoms with E-state index in [1.54, 1.807) is 22.3 Å². The van der Waals surface area contributed by atoms with Crippen LogP contribution in [0.2, 0.25) is 0 Å².